The van der Waals surface area contributed by atoms with Gasteiger partial charge in [-0.3, -0.25) is 6.08 Å². The van der Waals surface area contributed by atoms with Crippen molar-refractivity contribution in [3.63, 3.8) is 0 Å². The summed E-state index contributed by atoms with van der Waals surface area (Å²) in [5, 5.41) is 0. The van der Waals surface area contributed by atoms with Gasteiger partial charge in [-0.1, -0.05) is 65.6 Å². The zero-order valence-electron chi connectivity index (χ0n) is 17.4. The first-order valence-electron chi connectivity index (χ1n) is 8.63. The van der Waals surface area contributed by atoms with Crippen LogP contribution in [0.4, 0.5) is 0 Å². The SMILES string of the molecule is C=CC(=COc1cccc(C)c1)C(C)(C)C.CC1=[C-]CC=C1.C[Si]C.[Ti]. The monoisotopic (exact) mass is 401 g/mol. The number of allylic oxidation sites excluding steroid dienone is 6. The first-order valence-corrected chi connectivity index (χ1v) is 10.6. The summed E-state index contributed by atoms with van der Waals surface area (Å²) in [6.07, 6.45) is 12.0. The van der Waals surface area contributed by atoms with E-state index in [0.29, 0.717) is 0 Å². The summed E-state index contributed by atoms with van der Waals surface area (Å²) in [7, 11) is 1.08. The first kappa shape index (κ1) is 27.1. The predicted octanol–water partition coefficient (Wildman–Crippen LogP) is 6.97. The van der Waals surface area contributed by atoms with Crippen LogP contribution in [0, 0.1) is 18.4 Å². The maximum Gasteiger partial charge on any atom is 0.126 e. The van der Waals surface area contributed by atoms with E-state index < -0.39 is 0 Å². The van der Waals surface area contributed by atoms with Crippen LogP contribution in [0.1, 0.15) is 39.7 Å². The van der Waals surface area contributed by atoms with Crippen molar-refractivity contribution in [1.29, 1.82) is 0 Å². The van der Waals surface area contributed by atoms with Crippen LogP contribution in [0.15, 0.2) is 66.5 Å². The van der Waals surface area contributed by atoms with Crippen molar-refractivity contribution in [2.45, 2.75) is 54.1 Å². The van der Waals surface area contributed by atoms with Crippen LogP contribution in [-0.2, 0) is 21.7 Å². The van der Waals surface area contributed by atoms with Gasteiger partial charge < -0.3 is 4.74 Å². The van der Waals surface area contributed by atoms with Gasteiger partial charge in [0, 0.05) is 31.2 Å². The number of ether oxygens (including phenoxy) is 1. The molecule has 3 heteroatoms. The van der Waals surface area contributed by atoms with E-state index in [4.69, 9.17) is 4.74 Å². The van der Waals surface area contributed by atoms with Gasteiger partial charge in [-0.25, -0.2) is 11.6 Å². The van der Waals surface area contributed by atoms with Crippen LogP contribution in [-0.4, -0.2) is 9.52 Å². The van der Waals surface area contributed by atoms with E-state index in [1.807, 2.05) is 24.3 Å². The molecule has 2 radical (unpaired) electrons. The van der Waals surface area contributed by atoms with Crippen molar-refractivity contribution < 1.29 is 26.5 Å². The molecule has 0 heterocycles. The fraction of sp³-hybridized carbons (Fsp3) is 0.391. The zero-order chi connectivity index (χ0) is 19.3. The molecule has 2 rings (SSSR count). The van der Waals surface area contributed by atoms with Crippen molar-refractivity contribution in [2.24, 2.45) is 5.41 Å². The Morgan fingerprint density at radius 3 is 2.19 bits per heavy atom. The van der Waals surface area contributed by atoms with E-state index in [-0.39, 0.29) is 27.1 Å². The van der Waals surface area contributed by atoms with Crippen molar-refractivity contribution in [1.82, 2.24) is 0 Å². The first-order chi connectivity index (χ1) is 11.7. The van der Waals surface area contributed by atoms with Crippen LogP contribution in [0.25, 0.3) is 0 Å². The second-order valence-corrected chi connectivity index (χ2v) is 7.93. The normalized spacial score (nSPS) is 12.6. The van der Waals surface area contributed by atoms with Gasteiger partial charge in [-0.15, -0.1) is 6.42 Å². The molecule has 0 atom stereocenters. The van der Waals surface area contributed by atoms with Gasteiger partial charge in [0.2, 0.25) is 0 Å². The fourth-order valence-electron chi connectivity index (χ4n) is 1.87. The molecule has 0 amide bonds. The van der Waals surface area contributed by atoms with Crippen molar-refractivity contribution in [3.05, 3.63) is 78.1 Å². The molecule has 0 bridgehead atoms. The molecule has 26 heavy (non-hydrogen) atoms. The molecular weight excluding hydrogens is 368 g/mol. The van der Waals surface area contributed by atoms with Gasteiger partial charge in [0.15, 0.2) is 0 Å². The summed E-state index contributed by atoms with van der Waals surface area (Å²) in [4.78, 5) is 0. The summed E-state index contributed by atoms with van der Waals surface area (Å²) in [5.41, 5.74) is 3.62. The van der Waals surface area contributed by atoms with E-state index in [1.165, 1.54) is 11.1 Å². The minimum atomic E-state index is 0. The molecule has 0 aliphatic heterocycles. The Balaban J connectivity index is 0. The Morgan fingerprint density at radius 1 is 1.23 bits per heavy atom. The van der Waals surface area contributed by atoms with E-state index in [9.17, 15) is 0 Å². The second kappa shape index (κ2) is 15.0. The molecule has 140 valence electrons. The van der Waals surface area contributed by atoms with Crippen molar-refractivity contribution in [2.75, 3.05) is 0 Å². The van der Waals surface area contributed by atoms with Crippen LogP contribution in [0.3, 0.4) is 0 Å². The molecule has 0 aromatic heterocycles. The molecule has 0 unspecified atom stereocenters. The van der Waals surface area contributed by atoms with E-state index in [0.717, 1.165) is 27.3 Å². The van der Waals surface area contributed by atoms with Crippen LogP contribution in [0.5, 0.6) is 5.75 Å². The summed E-state index contributed by atoms with van der Waals surface area (Å²) >= 11 is 0. The van der Waals surface area contributed by atoms with Crippen molar-refractivity contribution in [3.8, 4) is 5.75 Å². The Labute approximate surface area is 179 Å². The van der Waals surface area contributed by atoms with Crippen LogP contribution < -0.4 is 4.74 Å². The van der Waals surface area contributed by atoms with E-state index >= 15 is 0 Å². The van der Waals surface area contributed by atoms with E-state index in [2.05, 4.69) is 78.6 Å². The van der Waals surface area contributed by atoms with Crippen LogP contribution >= 0.6 is 0 Å². The molecule has 0 saturated heterocycles. The summed E-state index contributed by atoms with van der Waals surface area (Å²) in [6, 6.07) is 8.00. The average Bonchev–Trinajstić information content (AvgIpc) is 2.99. The molecule has 0 N–H and O–H groups in total. The van der Waals surface area contributed by atoms with Gasteiger partial charge in [0.05, 0.1) is 6.26 Å². The molecule has 1 nitrogen and oxygen atoms in total. The number of benzene rings is 1. The standard InChI is InChI=1S/C15H20O.C6H7.C2H6Si.Ti/c1-6-13(15(3,4)5)11-16-14-9-7-8-12(2)10-14;1-6-4-2-3-5-6;1-3-2;/h6-11H,1H2,2-5H3;2,4H,3H2,1H3;1-2H3;/q;-1;;. The third kappa shape index (κ3) is 13.2. The fourth-order valence-corrected chi connectivity index (χ4v) is 1.87. The number of aryl methyl sites for hydroxylation is 1. The zero-order valence-corrected chi connectivity index (χ0v) is 20.0. The minimum Gasteiger partial charge on any atom is -0.465 e. The Bertz CT molecular complexity index is 604. The van der Waals surface area contributed by atoms with E-state index in [1.54, 1.807) is 6.26 Å². The Kier molecular flexibility index (Phi) is 15.7. The molecule has 1 aliphatic rings. The molecule has 0 fully saturated rings. The Hall–Kier alpha value is -1.09. The van der Waals surface area contributed by atoms with Gasteiger partial charge in [0.25, 0.3) is 0 Å². The summed E-state index contributed by atoms with van der Waals surface area (Å²) in [5.74, 6) is 0.864. The molecule has 1 aliphatic carbocycles. The van der Waals surface area contributed by atoms with Gasteiger partial charge in [-0.2, -0.15) is 6.08 Å². The molecule has 0 saturated carbocycles. The molecule has 1 aromatic rings. The molecule has 0 spiro atoms. The third-order valence-corrected chi connectivity index (χ3v) is 3.26. The number of hydrogen-bond acceptors (Lipinski definition) is 1. The maximum absolute atomic E-state index is 5.63. The number of hydrogen-bond donors (Lipinski definition) is 0. The van der Waals surface area contributed by atoms with Crippen LogP contribution in [0.2, 0.25) is 13.1 Å². The topological polar surface area (TPSA) is 9.23 Å². The van der Waals surface area contributed by atoms with Gasteiger partial charge in [-0.05, 0) is 35.6 Å². The minimum absolute atomic E-state index is 0. The third-order valence-electron chi connectivity index (χ3n) is 3.26. The maximum atomic E-state index is 5.63. The smallest absolute Gasteiger partial charge is 0.126 e. The largest absolute Gasteiger partial charge is 0.465 e. The van der Waals surface area contributed by atoms with Gasteiger partial charge >= 0.3 is 0 Å². The quantitative estimate of drug-likeness (QED) is 0.230. The second-order valence-electron chi connectivity index (χ2n) is 6.93. The summed E-state index contributed by atoms with van der Waals surface area (Å²) in [6.45, 7) is 18.6. The molecular formula is C23H33OSiTi-. The summed E-state index contributed by atoms with van der Waals surface area (Å²) < 4.78 is 5.63. The Morgan fingerprint density at radius 2 is 1.85 bits per heavy atom. The molecule has 1 aromatic carbocycles. The average molecular weight is 401 g/mol. The van der Waals surface area contributed by atoms with Gasteiger partial charge in [0.1, 0.15) is 5.75 Å². The number of rotatable bonds is 3. The predicted molar refractivity (Wildman–Crippen MR) is 113 cm³/mol. The van der Waals surface area contributed by atoms with Crippen molar-refractivity contribution >= 4 is 9.52 Å².